The number of nitrogens with one attached hydrogen (secondary N) is 1. The summed E-state index contributed by atoms with van der Waals surface area (Å²) in [7, 11) is 0. The average molecular weight is 409 g/mol. The van der Waals surface area contributed by atoms with Crippen LogP contribution in [0.1, 0.15) is 36.3 Å². The molecule has 0 saturated heterocycles. The van der Waals surface area contributed by atoms with Crippen LogP contribution in [0.2, 0.25) is 0 Å². The lowest BCUT2D eigenvalue weighted by Crippen LogP contribution is -2.34. The zero-order valence-corrected chi connectivity index (χ0v) is 15.1. The van der Waals surface area contributed by atoms with Crippen molar-refractivity contribution in [1.29, 1.82) is 0 Å². The molecule has 0 saturated carbocycles. The van der Waals surface area contributed by atoms with E-state index in [9.17, 15) is 22.4 Å². The number of amides is 2. The lowest BCUT2D eigenvalue weighted by molar-refractivity contribution is 0.145. The van der Waals surface area contributed by atoms with Gasteiger partial charge in [-0.1, -0.05) is 6.92 Å². The molecule has 3 aromatic heterocycles. The minimum atomic E-state index is -2.81. The standard InChI is InChI=1S/C17H15F4N7O/c1-8-7-27(17(29)24-10-2-11(16(20)21)25-23-5-10)12-6-22-14-4-9(3-13(18)19)26-28(14)15(8)12/h2,4-6,8,13,16H,3,7H2,1H3,(H,24,25,29). The molecule has 12 heteroatoms. The maximum Gasteiger partial charge on any atom is 0.326 e. The second-order valence-corrected chi connectivity index (χ2v) is 6.64. The Labute approximate surface area is 161 Å². The number of hydrogen-bond donors (Lipinski definition) is 1. The molecule has 8 nitrogen and oxygen atoms in total. The van der Waals surface area contributed by atoms with E-state index < -0.39 is 31.0 Å². The maximum absolute atomic E-state index is 12.8. The normalized spacial score (nSPS) is 16.1. The number of carbonyl (C=O) groups is 1. The monoisotopic (exact) mass is 409 g/mol. The fourth-order valence-corrected chi connectivity index (χ4v) is 3.32. The van der Waals surface area contributed by atoms with Gasteiger partial charge in [0.05, 0.1) is 41.6 Å². The second kappa shape index (κ2) is 7.26. The number of rotatable bonds is 4. The lowest BCUT2D eigenvalue weighted by Gasteiger charge is -2.17. The summed E-state index contributed by atoms with van der Waals surface area (Å²) >= 11 is 0. The number of alkyl halides is 4. The van der Waals surface area contributed by atoms with Crippen LogP contribution in [-0.4, -0.2) is 43.8 Å². The lowest BCUT2D eigenvalue weighted by atomic mass is 10.1. The van der Waals surface area contributed by atoms with Crippen molar-refractivity contribution in [2.24, 2.45) is 0 Å². The van der Waals surface area contributed by atoms with E-state index in [4.69, 9.17) is 0 Å². The number of halogens is 4. The number of anilines is 2. The molecule has 0 spiro atoms. The van der Waals surface area contributed by atoms with Crippen LogP contribution in [0.4, 0.5) is 33.7 Å². The number of aromatic nitrogens is 5. The Morgan fingerprint density at radius 1 is 1.28 bits per heavy atom. The zero-order chi connectivity index (χ0) is 20.7. The van der Waals surface area contributed by atoms with Crippen molar-refractivity contribution in [1.82, 2.24) is 24.8 Å². The smallest absolute Gasteiger partial charge is 0.306 e. The van der Waals surface area contributed by atoms with E-state index in [0.717, 1.165) is 12.3 Å². The SMILES string of the molecule is CC1CN(C(=O)Nc2cnnc(C(F)F)c2)c2cnc3cc(CC(F)F)nn3c21. The highest BCUT2D eigenvalue weighted by Gasteiger charge is 2.33. The van der Waals surface area contributed by atoms with Gasteiger partial charge < -0.3 is 5.32 Å². The average Bonchev–Trinajstić information content (AvgIpc) is 3.21. The van der Waals surface area contributed by atoms with E-state index in [1.807, 2.05) is 6.92 Å². The molecule has 0 aliphatic carbocycles. The summed E-state index contributed by atoms with van der Waals surface area (Å²) in [5, 5.41) is 13.5. The third-order valence-electron chi connectivity index (χ3n) is 4.52. The van der Waals surface area contributed by atoms with E-state index in [1.165, 1.54) is 21.7 Å². The molecular formula is C17H15F4N7O. The van der Waals surface area contributed by atoms with E-state index in [-0.39, 0.29) is 23.8 Å². The Bertz CT molecular complexity index is 1070. The molecular weight excluding hydrogens is 394 g/mol. The summed E-state index contributed by atoms with van der Waals surface area (Å²) in [4.78, 5) is 18.3. The largest absolute Gasteiger partial charge is 0.326 e. The Kier molecular flexibility index (Phi) is 4.76. The quantitative estimate of drug-likeness (QED) is 0.667. The highest BCUT2D eigenvalue weighted by atomic mass is 19.3. The number of carbonyl (C=O) groups excluding carboxylic acids is 1. The molecule has 0 aromatic carbocycles. The molecule has 4 heterocycles. The Morgan fingerprint density at radius 2 is 2.07 bits per heavy atom. The van der Waals surface area contributed by atoms with Gasteiger partial charge in [0, 0.05) is 18.5 Å². The van der Waals surface area contributed by atoms with Gasteiger partial charge >= 0.3 is 6.03 Å². The molecule has 2 amide bonds. The molecule has 29 heavy (non-hydrogen) atoms. The number of urea groups is 1. The van der Waals surface area contributed by atoms with Crippen LogP contribution in [0.15, 0.2) is 24.5 Å². The molecule has 1 N–H and O–H groups in total. The van der Waals surface area contributed by atoms with Gasteiger partial charge in [-0.25, -0.2) is 31.9 Å². The van der Waals surface area contributed by atoms with Gasteiger partial charge in [0.25, 0.3) is 6.43 Å². The number of hydrogen-bond acceptors (Lipinski definition) is 5. The fourth-order valence-electron chi connectivity index (χ4n) is 3.32. The minimum Gasteiger partial charge on any atom is -0.306 e. The molecule has 0 bridgehead atoms. The Balaban J connectivity index is 1.63. The summed E-state index contributed by atoms with van der Waals surface area (Å²) in [6.07, 6.45) is -3.20. The van der Waals surface area contributed by atoms with Crippen LogP contribution in [0.3, 0.4) is 0 Å². The van der Waals surface area contributed by atoms with Gasteiger partial charge in [0.1, 0.15) is 5.69 Å². The van der Waals surface area contributed by atoms with Crippen molar-refractivity contribution in [3.63, 3.8) is 0 Å². The van der Waals surface area contributed by atoms with Crippen LogP contribution in [-0.2, 0) is 6.42 Å². The van der Waals surface area contributed by atoms with Crippen molar-refractivity contribution in [3.8, 4) is 0 Å². The Morgan fingerprint density at radius 3 is 2.79 bits per heavy atom. The Hall–Kier alpha value is -3.31. The first kappa shape index (κ1) is 19.0. The first-order valence-electron chi connectivity index (χ1n) is 8.68. The fraction of sp³-hybridized carbons (Fsp3) is 0.353. The maximum atomic E-state index is 12.8. The van der Waals surface area contributed by atoms with Gasteiger partial charge in [-0.3, -0.25) is 4.90 Å². The molecule has 152 valence electrons. The number of nitrogens with zero attached hydrogens (tertiary/aromatic N) is 6. The second-order valence-electron chi connectivity index (χ2n) is 6.64. The van der Waals surface area contributed by atoms with Crippen LogP contribution in [0.25, 0.3) is 5.65 Å². The van der Waals surface area contributed by atoms with Crippen LogP contribution in [0.5, 0.6) is 0 Å². The predicted molar refractivity (Wildman–Crippen MR) is 94.5 cm³/mol. The third kappa shape index (κ3) is 3.57. The highest BCUT2D eigenvalue weighted by molar-refractivity contribution is 6.03. The van der Waals surface area contributed by atoms with Crippen molar-refractivity contribution < 1.29 is 22.4 Å². The van der Waals surface area contributed by atoms with Gasteiger partial charge in [-0.05, 0) is 6.07 Å². The molecule has 3 aromatic rings. The first-order valence-corrected chi connectivity index (χ1v) is 8.68. The van der Waals surface area contributed by atoms with Crippen LogP contribution in [0, 0.1) is 0 Å². The summed E-state index contributed by atoms with van der Waals surface area (Å²) in [5.74, 6) is -0.146. The predicted octanol–water partition coefficient (Wildman–Crippen LogP) is 3.42. The van der Waals surface area contributed by atoms with E-state index >= 15 is 0 Å². The van der Waals surface area contributed by atoms with Crippen LogP contribution < -0.4 is 10.2 Å². The van der Waals surface area contributed by atoms with Crippen molar-refractivity contribution in [3.05, 3.63) is 41.6 Å². The van der Waals surface area contributed by atoms with E-state index in [2.05, 4.69) is 25.6 Å². The van der Waals surface area contributed by atoms with Crippen molar-refractivity contribution in [2.75, 3.05) is 16.8 Å². The molecule has 1 aliphatic heterocycles. The van der Waals surface area contributed by atoms with Gasteiger partial charge in [0.15, 0.2) is 5.65 Å². The first-order chi connectivity index (χ1) is 13.8. The molecule has 1 aliphatic rings. The van der Waals surface area contributed by atoms with E-state index in [0.29, 0.717) is 17.0 Å². The summed E-state index contributed by atoms with van der Waals surface area (Å²) in [6, 6.07) is 1.96. The molecule has 4 rings (SSSR count). The zero-order valence-electron chi connectivity index (χ0n) is 15.1. The third-order valence-corrected chi connectivity index (χ3v) is 4.52. The summed E-state index contributed by atoms with van der Waals surface area (Å²) in [5.41, 5.74) is 1.27. The summed E-state index contributed by atoms with van der Waals surface area (Å²) in [6.45, 7) is 2.15. The van der Waals surface area contributed by atoms with Crippen LogP contribution >= 0.6 is 0 Å². The molecule has 0 radical (unpaired) electrons. The van der Waals surface area contributed by atoms with Gasteiger partial charge in [0.2, 0.25) is 6.43 Å². The molecule has 1 atom stereocenters. The molecule has 0 fully saturated rings. The van der Waals surface area contributed by atoms with Gasteiger partial charge in [-0.15, -0.1) is 5.10 Å². The summed E-state index contributed by atoms with van der Waals surface area (Å²) < 4.78 is 52.3. The van der Waals surface area contributed by atoms with Crippen molar-refractivity contribution >= 4 is 23.1 Å². The molecule has 1 unspecified atom stereocenters. The van der Waals surface area contributed by atoms with Crippen molar-refractivity contribution in [2.45, 2.75) is 32.1 Å². The topological polar surface area (TPSA) is 88.3 Å². The van der Waals surface area contributed by atoms with E-state index in [1.54, 1.807) is 0 Å². The number of fused-ring (bicyclic) bond motifs is 3. The minimum absolute atomic E-state index is 0.0775. The highest BCUT2D eigenvalue weighted by Crippen LogP contribution is 2.36. The van der Waals surface area contributed by atoms with Gasteiger partial charge in [-0.2, -0.15) is 10.2 Å².